The lowest BCUT2D eigenvalue weighted by atomic mass is 10.2. The van der Waals surface area contributed by atoms with Gasteiger partial charge in [-0.3, -0.25) is 0 Å². The van der Waals surface area contributed by atoms with Gasteiger partial charge in [0.1, 0.15) is 0 Å². The van der Waals surface area contributed by atoms with Gasteiger partial charge in [-0.1, -0.05) is 0 Å². The van der Waals surface area contributed by atoms with Crippen LogP contribution in [-0.2, 0) is 0 Å². The molecule has 0 saturated carbocycles. The second-order valence-electron chi connectivity index (χ2n) is 2.55. The molecular formula is C7H17N3O. The molecule has 4 N–H and O–H groups in total. The van der Waals surface area contributed by atoms with Crippen molar-refractivity contribution in [3.05, 3.63) is 0 Å². The molecule has 4 heteroatoms. The molecule has 2 amide bonds. The van der Waals surface area contributed by atoms with Gasteiger partial charge in [-0.2, -0.15) is 0 Å². The molecule has 1 atom stereocenters. The highest BCUT2D eigenvalue weighted by Gasteiger charge is 1.97. The van der Waals surface area contributed by atoms with Gasteiger partial charge in [0.25, 0.3) is 0 Å². The smallest absolute Gasteiger partial charge is 0.314 e. The molecule has 11 heavy (non-hydrogen) atoms. The van der Waals surface area contributed by atoms with E-state index in [1.807, 2.05) is 13.8 Å². The van der Waals surface area contributed by atoms with Gasteiger partial charge in [0.05, 0.1) is 0 Å². The molecule has 0 aromatic carbocycles. The third-order valence-corrected chi connectivity index (χ3v) is 1.22. The van der Waals surface area contributed by atoms with E-state index < -0.39 is 0 Å². The molecular weight excluding hydrogens is 142 g/mol. The summed E-state index contributed by atoms with van der Waals surface area (Å²) in [6, 6.07) is 0.0325. The molecule has 1 unspecified atom stereocenters. The number of nitrogens with one attached hydrogen (secondary N) is 2. The molecule has 4 nitrogen and oxygen atoms in total. The van der Waals surface area contributed by atoms with Gasteiger partial charge in [-0.15, -0.1) is 0 Å². The van der Waals surface area contributed by atoms with Crippen molar-refractivity contribution < 1.29 is 4.79 Å². The van der Waals surface area contributed by atoms with E-state index in [4.69, 9.17) is 5.73 Å². The molecule has 0 heterocycles. The predicted molar refractivity (Wildman–Crippen MR) is 45.3 cm³/mol. The normalized spacial score (nSPS) is 12.3. The number of carbonyl (C=O) groups is 1. The average molecular weight is 159 g/mol. The minimum atomic E-state index is -0.117. The molecule has 66 valence electrons. The van der Waals surface area contributed by atoms with Crippen molar-refractivity contribution in [2.24, 2.45) is 5.73 Å². The lowest BCUT2D eigenvalue weighted by Crippen LogP contribution is -2.37. The summed E-state index contributed by atoms with van der Waals surface area (Å²) in [5, 5.41) is 5.31. The van der Waals surface area contributed by atoms with E-state index in [2.05, 4.69) is 10.6 Å². The fraction of sp³-hybridized carbons (Fsp3) is 0.857. The Morgan fingerprint density at radius 1 is 1.55 bits per heavy atom. The number of urea groups is 1. The first kappa shape index (κ1) is 10.2. The maximum absolute atomic E-state index is 10.8. The van der Waals surface area contributed by atoms with Crippen molar-refractivity contribution in [2.45, 2.75) is 26.3 Å². The Kier molecular flexibility index (Phi) is 5.56. The Balaban J connectivity index is 3.17. The summed E-state index contributed by atoms with van der Waals surface area (Å²) in [7, 11) is 0. The lowest BCUT2D eigenvalue weighted by molar-refractivity contribution is 0.241. The van der Waals surface area contributed by atoms with Gasteiger partial charge in [0, 0.05) is 19.1 Å². The first-order chi connectivity index (χ1) is 5.16. The van der Waals surface area contributed by atoms with Crippen LogP contribution in [0.4, 0.5) is 4.79 Å². The number of amides is 2. The van der Waals surface area contributed by atoms with Gasteiger partial charge in [0.15, 0.2) is 0 Å². The number of nitrogens with two attached hydrogens (primary N) is 1. The highest BCUT2D eigenvalue weighted by molar-refractivity contribution is 5.73. The Labute approximate surface area is 67.5 Å². The highest BCUT2D eigenvalue weighted by atomic mass is 16.2. The summed E-state index contributed by atoms with van der Waals surface area (Å²) in [6.45, 7) is 5.10. The minimum Gasteiger partial charge on any atom is -0.338 e. The van der Waals surface area contributed by atoms with Crippen molar-refractivity contribution in [3.8, 4) is 0 Å². The molecule has 0 aromatic rings. The molecule has 0 aliphatic heterocycles. The fourth-order valence-corrected chi connectivity index (χ4v) is 0.636. The van der Waals surface area contributed by atoms with E-state index in [1.165, 1.54) is 0 Å². The van der Waals surface area contributed by atoms with Crippen LogP contribution in [0.2, 0.25) is 0 Å². The van der Waals surface area contributed by atoms with Crippen molar-refractivity contribution in [3.63, 3.8) is 0 Å². The molecule has 0 aromatic heterocycles. The van der Waals surface area contributed by atoms with Gasteiger partial charge in [-0.25, -0.2) is 4.79 Å². The average Bonchev–Trinajstić information content (AvgIpc) is 1.87. The quantitative estimate of drug-likeness (QED) is 0.542. The first-order valence-electron chi connectivity index (χ1n) is 3.94. The summed E-state index contributed by atoms with van der Waals surface area (Å²) in [4.78, 5) is 10.8. The zero-order valence-electron chi connectivity index (χ0n) is 7.18. The Morgan fingerprint density at radius 2 is 2.18 bits per heavy atom. The largest absolute Gasteiger partial charge is 0.338 e. The third kappa shape index (κ3) is 7.12. The fourth-order valence-electron chi connectivity index (χ4n) is 0.636. The molecule has 0 aliphatic carbocycles. The summed E-state index contributed by atoms with van der Waals surface area (Å²) >= 11 is 0. The second-order valence-corrected chi connectivity index (χ2v) is 2.55. The molecule has 0 saturated heterocycles. The van der Waals surface area contributed by atoms with Gasteiger partial charge in [-0.05, 0) is 20.3 Å². The third-order valence-electron chi connectivity index (χ3n) is 1.22. The van der Waals surface area contributed by atoms with E-state index in [0.29, 0.717) is 13.1 Å². The van der Waals surface area contributed by atoms with Gasteiger partial charge in [0.2, 0.25) is 0 Å². The lowest BCUT2D eigenvalue weighted by Gasteiger charge is -2.06. The van der Waals surface area contributed by atoms with E-state index >= 15 is 0 Å². The summed E-state index contributed by atoms with van der Waals surface area (Å²) in [6.07, 6.45) is 0.817. The summed E-state index contributed by atoms with van der Waals surface area (Å²) in [5.41, 5.74) is 5.48. The topological polar surface area (TPSA) is 67.2 Å². The van der Waals surface area contributed by atoms with E-state index in [-0.39, 0.29) is 12.1 Å². The van der Waals surface area contributed by atoms with E-state index in [1.54, 1.807) is 0 Å². The SMILES string of the molecule is CCNC(=O)NCCC(C)N. The van der Waals surface area contributed by atoms with E-state index in [0.717, 1.165) is 6.42 Å². The zero-order valence-corrected chi connectivity index (χ0v) is 7.18. The van der Waals surface area contributed by atoms with Crippen molar-refractivity contribution in [2.75, 3.05) is 13.1 Å². The Hall–Kier alpha value is -0.770. The van der Waals surface area contributed by atoms with Crippen LogP contribution in [0, 0.1) is 0 Å². The van der Waals surface area contributed by atoms with Crippen LogP contribution >= 0.6 is 0 Å². The summed E-state index contributed by atoms with van der Waals surface area (Å²) in [5.74, 6) is 0. The molecule has 0 radical (unpaired) electrons. The van der Waals surface area contributed by atoms with Crippen LogP contribution in [0.3, 0.4) is 0 Å². The monoisotopic (exact) mass is 159 g/mol. The van der Waals surface area contributed by atoms with Crippen molar-refractivity contribution in [1.29, 1.82) is 0 Å². The molecule has 0 fully saturated rings. The molecule has 0 bridgehead atoms. The number of hydrogen-bond acceptors (Lipinski definition) is 2. The Morgan fingerprint density at radius 3 is 2.64 bits per heavy atom. The summed E-state index contributed by atoms with van der Waals surface area (Å²) < 4.78 is 0. The standard InChI is InChI=1S/C7H17N3O/c1-3-9-7(11)10-5-4-6(2)8/h6H,3-5,8H2,1-2H3,(H2,9,10,11). The van der Waals surface area contributed by atoms with Crippen molar-refractivity contribution in [1.82, 2.24) is 10.6 Å². The van der Waals surface area contributed by atoms with Crippen LogP contribution in [0.25, 0.3) is 0 Å². The predicted octanol–water partition coefficient (Wildman–Crippen LogP) is 0.0428. The van der Waals surface area contributed by atoms with Gasteiger partial charge < -0.3 is 16.4 Å². The zero-order chi connectivity index (χ0) is 8.69. The van der Waals surface area contributed by atoms with Gasteiger partial charge >= 0.3 is 6.03 Å². The number of carbonyl (C=O) groups excluding carboxylic acids is 1. The first-order valence-corrected chi connectivity index (χ1v) is 3.94. The van der Waals surface area contributed by atoms with Crippen LogP contribution in [0.5, 0.6) is 0 Å². The molecule has 0 aliphatic rings. The maximum atomic E-state index is 10.8. The number of hydrogen-bond donors (Lipinski definition) is 3. The second kappa shape index (κ2) is 5.97. The van der Waals surface area contributed by atoms with Crippen LogP contribution in [0.1, 0.15) is 20.3 Å². The van der Waals surface area contributed by atoms with Crippen molar-refractivity contribution >= 4 is 6.03 Å². The van der Waals surface area contributed by atoms with E-state index in [9.17, 15) is 4.79 Å². The molecule has 0 spiro atoms. The van der Waals surface area contributed by atoms with Crippen LogP contribution < -0.4 is 16.4 Å². The Bertz CT molecular complexity index is 114. The maximum Gasteiger partial charge on any atom is 0.314 e. The minimum absolute atomic E-state index is 0.117. The molecule has 0 rings (SSSR count). The van der Waals surface area contributed by atoms with Crippen LogP contribution in [0.15, 0.2) is 0 Å². The van der Waals surface area contributed by atoms with Crippen LogP contribution in [-0.4, -0.2) is 25.2 Å². The number of rotatable bonds is 4. The highest BCUT2D eigenvalue weighted by Crippen LogP contribution is 1.81.